The second-order valence-corrected chi connectivity index (χ2v) is 6.85. The Morgan fingerprint density at radius 3 is 2.79 bits per heavy atom. The quantitative estimate of drug-likeness (QED) is 0.742. The van der Waals surface area contributed by atoms with E-state index < -0.39 is 0 Å². The summed E-state index contributed by atoms with van der Waals surface area (Å²) in [4.78, 5) is 19.3. The number of hydrogen-bond donors (Lipinski definition) is 1. The molecule has 1 saturated heterocycles. The van der Waals surface area contributed by atoms with Gasteiger partial charge in [0, 0.05) is 31.4 Å². The zero-order valence-corrected chi connectivity index (χ0v) is 15.6. The Bertz CT molecular complexity index is 971. The van der Waals surface area contributed by atoms with Crippen molar-refractivity contribution >= 4 is 11.6 Å². The minimum absolute atomic E-state index is 0.00655. The van der Waals surface area contributed by atoms with Crippen LogP contribution < -0.4 is 5.32 Å². The van der Waals surface area contributed by atoms with Crippen molar-refractivity contribution in [2.75, 3.05) is 25.5 Å². The van der Waals surface area contributed by atoms with E-state index in [1.165, 1.54) is 12.1 Å². The van der Waals surface area contributed by atoms with E-state index in [1.54, 1.807) is 19.2 Å². The van der Waals surface area contributed by atoms with Gasteiger partial charge in [-0.05, 0) is 49.2 Å². The fraction of sp³-hybridized carbons (Fsp3) is 0.286. The molecule has 0 spiro atoms. The summed E-state index contributed by atoms with van der Waals surface area (Å²) < 4.78 is 18.6. The monoisotopic (exact) mass is 380 g/mol. The molecule has 2 heterocycles. The number of nitrogens with one attached hydrogen (secondary N) is 1. The highest BCUT2D eigenvalue weighted by molar-refractivity contribution is 5.99. The summed E-state index contributed by atoms with van der Waals surface area (Å²) in [5.74, 6) is 0.613. The van der Waals surface area contributed by atoms with E-state index in [-0.39, 0.29) is 17.6 Å². The summed E-state index contributed by atoms with van der Waals surface area (Å²) in [7, 11) is 1.81. The lowest BCUT2D eigenvalue weighted by molar-refractivity contribution is 0.0696. The molecule has 1 aliphatic heterocycles. The molecule has 28 heavy (non-hydrogen) atoms. The first-order chi connectivity index (χ1) is 13.7. The topological polar surface area (TPSA) is 71.3 Å². The number of halogens is 1. The van der Waals surface area contributed by atoms with Crippen molar-refractivity contribution in [3.63, 3.8) is 0 Å². The number of amides is 1. The number of anilines is 1. The molecule has 3 aromatic rings. The lowest BCUT2D eigenvalue weighted by Gasteiger charge is -2.31. The summed E-state index contributed by atoms with van der Waals surface area (Å²) in [6.45, 7) is 1.23. The maximum atomic E-state index is 13.1. The minimum Gasteiger partial charge on any atom is -0.387 e. The van der Waals surface area contributed by atoms with Crippen LogP contribution in [0, 0.1) is 5.82 Å². The van der Waals surface area contributed by atoms with Gasteiger partial charge in [0.2, 0.25) is 11.7 Å². The van der Waals surface area contributed by atoms with E-state index in [4.69, 9.17) is 4.52 Å². The second kappa shape index (κ2) is 7.80. The minimum atomic E-state index is -0.309. The van der Waals surface area contributed by atoms with Gasteiger partial charge in [-0.1, -0.05) is 17.3 Å². The molecule has 1 unspecified atom stereocenters. The molecular formula is C21H21FN4O2. The Hall–Kier alpha value is -3.22. The van der Waals surface area contributed by atoms with Crippen molar-refractivity contribution in [1.82, 2.24) is 15.0 Å². The molecular weight excluding hydrogens is 359 g/mol. The fourth-order valence-electron chi connectivity index (χ4n) is 3.54. The molecule has 144 valence electrons. The van der Waals surface area contributed by atoms with Crippen LogP contribution in [0.1, 0.15) is 35.0 Å². The van der Waals surface area contributed by atoms with Crippen molar-refractivity contribution in [3.8, 4) is 11.4 Å². The van der Waals surface area contributed by atoms with Gasteiger partial charge in [-0.25, -0.2) is 4.39 Å². The summed E-state index contributed by atoms with van der Waals surface area (Å²) in [5, 5.41) is 7.09. The third-order valence-corrected chi connectivity index (χ3v) is 5.03. The van der Waals surface area contributed by atoms with Crippen LogP contribution in [0.2, 0.25) is 0 Å². The fourth-order valence-corrected chi connectivity index (χ4v) is 3.54. The van der Waals surface area contributed by atoms with E-state index in [0.717, 1.165) is 18.5 Å². The van der Waals surface area contributed by atoms with E-state index in [2.05, 4.69) is 15.5 Å². The van der Waals surface area contributed by atoms with Crippen LogP contribution >= 0.6 is 0 Å². The number of piperidine rings is 1. The highest BCUT2D eigenvalue weighted by Crippen LogP contribution is 2.29. The third kappa shape index (κ3) is 3.60. The van der Waals surface area contributed by atoms with Crippen LogP contribution in [-0.4, -0.2) is 41.1 Å². The molecule has 1 fully saturated rings. The first kappa shape index (κ1) is 18.2. The number of carbonyl (C=O) groups excluding carboxylic acids is 1. The summed E-state index contributed by atoms with van der Waals surface area (Å²) >= 11 is 0. The van der Waals surface area contributed by atoms with Gasteiger partial charge in [-0.2, -0.15) is 4.98 Å². The summed E-state index contributed by atoms with van der Waals surface area (Å²) in [6.07, 6.45) is 1.74. The van der Waals surface area contributed by atoms with Crippen LogP contribution in [-0.2, 0) is 0 Å². The van der Waals surface area contributed by atoms with E-state index in [9.17, 15) is 9.18 Å². The van der Waals surface area contributed by atoms with E-state index in [0.29, 0.717) is 35.9 Å². The zero-order valence-electron chi connectivity index (χ0n) is 15.6. The summed E-state index contributed by atoms with van der Waals surface area (Å²) in [6, 6.07) is 13.5. The van der Waals surface area contributed by atoms with Crippen molar-refractivity contribution < 1.29 is 13.7 Å². The molecule has 0 aliphatic carbocycles. The third-order valence-electron chi connectivity index (χ3n) is 5.03. The normalized spacial score (nSPS) is 16.8. The van der Waals surface area contributed by atoms with Gasteiger partial charge in [-0.3, -0.25) is 4.79 Å². The lowest BCUT2D eigenvalue weighted by Crippen LogP contribution is -2.39. The molecule has 1 N–H and O–H groups in total. The molecule has 0 radical (unpaired) electrons. The van der Waals surface area contributed by atoms with Crippen molar-refractivity contribution in [2.45, 2.75) is 18.8 Å². The predicted octanol–water partition coefficient (Wildman–Crippen LogP) is 3.94. The standard InChI is InChI=1S/C21H21FN4O2/c1-23-18-7-3-2-6-17(18)21(27)26-12-4-5-15(13-26)20-24-19(25-28-20)14-8-10-16(22)11-9-14/h2-3,6-11,15,23H,4-5,12-13H2,1H3. The maximum Gasteiger partial charge on any atom is 0.255 e. The van der Waals surface area contributed by atoms with Gasteiger partial charge in [0.25, 0.3) is 5.91 Å². The lowest BCUT2D eigenvalue weighted by atomic mass is 9.97. The average molecular weight is 380 g/mol. The van der Waals surface area contributed by atoms with Gasteiger partial charge in [0.1, 0.15) is 5.82 Å². The number of benzene rings is 2. The first-order valence-corrected chi connectivity index (χ1v) is 9.31. The molecule has 4 rings (SSSR count). The average Bonchev–Trinajstić information content (AvgIpc) is 3.24. The largest absolute Gasteiger partial charge is 0.387 e. The van der Waals surface area contributed by atoms with Gasteiger partial charge < -0.3 is 14.7 Å². The number of para-hydroxylation sites is 1. The second-order valence-electron chi connectivity index (χ2n) is 6.85. The van der Waals surface area contributed by atoms with Crippen LogP contribution in [0.25, 0.3) is 11.4 Å². The van der Waals surface area contributed by atoms with Crippen LogP contribution in [0.5, 0.6) is 0 Å². The summed E-state index contributed by atoms with van der Waals surface area (Å²) in [5.41, 5.74) is 2.16. The van der Waals surface area contributed by atoms with Crippen LogP contribution in [0.3, 0.4) is 0 Å². The van der Waals surface area contributed by atoms with Crippen LogP contribution in [0.4, 0.5) is 10.1 Å². The van der Waals surface area contributed by atoms with Crippen molar-refractivity contribution in [2.24, 2.45) is 0 Å². The van der Waals surface area contributed by atoms with Crippen molar-refractivity contribution in [1.29, 1.82) is 0 Å². The Kier molecular flexibility index (Phi) is 5.06. The Morgan fingerprint density at radius 1 is 1.21 bits per heavy atom. The first-order valence-electron chi connectivity index (χ1n) is 9.31. The molecule has 2 aromatic carbocycles. The number of hydrogen-bond acceptors (Lipinski definition) is 5. The van der Waals surface area contributed by atoms with Crippen molar-refractivity contribution in [3.05, 3.63) is 65.8 Å². The van der Waals surface area contributed by atoms with Gasteiger partial charge in [0.05, 0.1) is 11.5 Å². The molecule has 6 nitrogen and oxygen atoms in total. The van der Waals surface area contributed by atoms with E-state index >= 15 is 0 Å². The van der Waals surface area contributed by atoms with E-state index in [1.807, 2.05) is 29.2 Å². The van der Waals surface area contributed by atoms with Gasteiger partial charge >= 0.3 is 0 Å². The number of carbonyl (C=O) groups is 1. The smallest absolute Gasteiger partial charge is 0.255 e. The molecule has 1 atom stereocenters. The molecule has 0 saturated carbocycles. The zero-order chi connectivity index (χ0) is 19.5. The highest BCUT2D eigenvalue weighted by atomic mass is 19.1. The van der Waals surface area contributed by atoms with Gasteiger partial charge in [0.15, 0.2) is 0 Å². The molecule has 1 aromatic heterocycles. The molecule has 1 amide bonds. The Balaban J connectivity index is 1.51. The predicted molar refractivity (Wildman–Crippen MR) is 104 cm³/mol. The Morgan fingerprint density at radius 2 is 2.00 bits per heavy atom. The number of likely N-dealkylation sites (tertiary alicyclic amines) is 1. The highest BCUT2D eigenvalue weighted by Gasteiger charge is 2.30. The van der Waals surface area contributed by atoms with Gasteiger partial charge in [-0.15, -0.1) is 0 Å². The number of nitrogens with zero attached hydrogens (tertiary/aromatic N) is 3. The number of aromatic nitrogens is 2. The van der Waals surface area contributed by atoms with Crippen LogP contribution in [0.15, 0.2) is 53.1 Å². The number of rotatable bonds is 4. The SMILES string of the molecule is CNc1ccccc1C(=O)N1CCCC(c2nc(-c3ccc(F)cc3)no2)C1. The molecule has 1 aliphatic rings. The molecule has 7 heteroatoms. The molecule has 0 bridgehead atoms. The maximum absolute atomic E-state index is 13.1. The Labute approximate surface area is 162 Å².